The second-order valence-corrected chi connectivity index (χ2v) is 5.91. The van der Waals surface area contributed by atoms with E-state index in [4.69, 9.17) is 5.73 Å². The summed E-state index contributed by atoms with van der Waals surface area (Å²) in [6, 6.07) is 7.24. The molecule has 0 heterocycles. The average Bonchev–Trinajstić information content (AvgIpc) is 2.46. The van der Waals surface area contributed by atoms with E-state index in [1.165, 1.54) is 48.3 Å². The summed E-state index contributed by atoms with van der Waals surface area (Å²) in [4.78, 5) is 3.78. The fourth-order valence-corrected chi connectivity index (χ4v) is 3.59. The van der Waals surface area contributed by atoms with Crippen molar-refractivity contribution in [3.8, 4) is 0 Å². The molecule has 0 radical (unpaired) electrons. The maximum absolute atomic E-state index is 5.95. The first-order valence-electron chi connectivity index (χ1n) is 6.86. The van der Waals surface area contributed by atoms with Gasteiger partial charge in [0.2, 0.25) is 0 Å². The number of anilines is 1. The zero-order valence-electron chi connectivity index (χ0n) is 11.5. The predicted octanol–water partition coefficient (Wildman–Crippen LogP) is 3.64. The van der Waals surface area contributed by atoms with Crippen LogP contribution in [-0.2, 0) is 6.54 Å². The van der Waals surface area contributed by atoms with E-state index in [1.807, 2.05) is 0 Å². The molecule has 18 heavy (non-hydrogen) atoms. The third-order valence-corrected chi connectivity index (χ3v) is 4.86. The maximum Gasteiger partial charge on any atom is 0.0422 e. The number of nitrogens with zero attached hydrogens (tertiary/aromatic N) is 1. The van der Waals surface area contributed by atoms with E-state index in [0.717, 1.165) is 0 Å². The highest BCUT2D eigenvalue weighted by molar-refractivity contribution is 7.98. The van der Waals surface area contributed by atoms with Gasteiger partial charge in [0.1, 0.15) is 0 Å². The van der Waals surface area contributed by atoms with Crippen molar-refractivity contribution >= 4 is 17.4 Å². The standard InChI is InChI=1S/C15H24N2S/c1-17(12-7-4-3-5-8-12)14-9-6-10-15(18-2)13(14)11-16/h6,9-10,12H,3-5,7-8,11,16H2,1-2H3. The Balaban J connectivity index is 2.25. The molecule has 3 heteroatoms. The van der Waals surface area contributed by atoms with Gasteiger partial charge in [-0.2, -0.15) is 0 Å². The van der Waals surface area contributed by atoms with Crippen LogP contribution in [0.4, 0.5) is 5.69 Å². The molecule has 2 N–H and O–H groups in total. The van der Waals surface area contributed by atoms with E-state index in [1.54, 1.807) is 11.8 Å². The average molecular weight is 264 g/mol. The summed E-state index contributed by atoms with van der Waals surface area (Å²) in [5.74, 6) is 0. The van der Waals surface area contributed by atoms with Crippen LogP contribution in [-0.4, -0.2) is 19.3 Å². The Labute approximate surface area is 115 Å². The molecule has 0 unspecified atom stereocenters. The summed E-state index contributed by atoms with van der Waals surface area (Å²) in [6.45, 7) is 0.628. The molecule has 1 saturated carbocycles. The topological polar surface area (TPSA) is 29.3 Å². The van der Waals surface area contributed by atoms with Crippen molar-refractivity contribution in [3.05, 3.63) is 23.8 Å². The lowest BCUT2D eigenvalue weighted by Gasteiger charge is -2.34. The van der Waals surface area contributed by atoms with Crippen LogP contribution >= 0.6 is 11.8 Å². The van der Waals surface area contributed by atoms with E-state index in [2.05, 4.69) is 36.4 Å². The third-order valence-electron chi connectivity index (χ3n) is 4.03. The highest BCUT2D eigenvalue weighted by atomic mass is 32.2. The Hall–Kier alpha value is -0.670. The lowest BCUT2D eigenvalue weighted by Crippen LogP contribution is -2.34. The van der Waals surface area contributed by atoms with Crippen LogP contribution in [0.5, 0.6) is 0 Å². The van der Waals surface area contributed by atoms with Crippen molar-refractivity contribution in [1.29, 1.82) is 0 Å². The molecule has 0 atom stereocenters. The van der Waals surface area contributed by atoms with Crippen molar-refractivity contribution in [2.24, 2.45) is 5.73 Å². The molecular formula is C15H24N2S. The lowest BCUT2D eigenvalue weighted by atomic mass is 9.94. The molecule has 0 aliphatic heterocycles. The van der Waals surface area contributed by atoms with E-state index in [9.17, 15) is 0 Å². The van der Waals surface area contributed by atoms with Gasteiger partial charge in [-0.3, -0.25) is 0 Å². The Kier molecular flexibility index (Phi) is 4.95. The van der Waals surface area contributed by atoms with Crippen LogP contribution in [0.15, 0.2) is 23.1 Å². The molecule has 1 aliphatic carbocycles. The second kappa shape index (κ2) is 6.48. The summed E-state index contributed by atoms with van der Waals surface area (Å²) < 4.78 is 0. The van der Waals surface area contributed by atoms with Gasteiger partial charge in [0, 0.05) is 35.8 Å². The Morgan fingerprint density at radius 1 is 1.28 bits per heavy atom. The van der Waals surface area contributed by atoms with E-state index >= 15 is 0 Å². The summed E-state index contributed by atoms with van der Waals surface area (Å²) >= 11 is 1.79. The van der Waals surface area contributed by atoms with E-state index in [-0.39, 0.29) is 0 Å². The number of rotatable bonds is 4. The molecule has 0 aromatic heterocycles. The van der Waals surface area contributed by atoms with Gasteiger partial charge in [-0.1, -0.05) is 25.3 Å². The quantitative estimate of drug-likeness (QED) is 0.842. The minimum atomic E-state index is 0.628. The highest BCUT2D eigenvalue weighted by Crippen LogP contribution is 2.32. The molecule has 2 nitrogen and oxygen atoms in total. The molecule has 1 aromatic rings. The second-order valence-electron chi connectivity index (χ2n) is 5.06. The Bertz CT molecular complexity index is 386. The molecule has 0 saturated heterocycles. The van der Waals surface area contributed by atoms with Crippen molar-refractivity contribution < 1.29 is 0 Å². The predicted molar refractivity (Wildman–Crippen MR) is 81.4 cm³/mol. The van der Waals surface area contributed by atoms with Crippen molar-refractivity contribution in [2.45, 2.75) is 49.6 Å². The van der Waals surface area contributed by atoms with Crippen LogP contribution < -0.4 is 10.6 Å². The smallest absolute Gasteiger partial charge is 0.0422 e. The Morgan fingerprint density at radius 3 is 2.61 bits per heavy atom. The molecule has 0 spiro atoms. The minimum Gasteiger partial charge on any atom is -0.371 e. The van der Waals surface area contributed by atoms with Crippen LogP contribution in [0.25, 0.3) is 0 Å². The summed E-state index contributed by atoms with van der Waals surface area (Å²) in [5, 5.41) is 0. The van der Waals surface area contributed by atoms with E-state index < -0.39 is 0 Å². The lowest BCUT2D eigenvalue weighted by molar-refractivity contribution is 0.427. The van der Waals surface area contributed by atoms with Gasteiger partial charge >= 0.3 is 0 Å². The van der Waals surface area contributed by atoms with E-state index in [0.29, 0.717) is 12.6 Å². The zero-order valence-corrected chi connectivity index (χ0v) is 12.3. The summed E-state index contributed by atoms with van der Waals surface area (Å²) in [7, 11) is 2.23. The molecule has 0 bridgehead atoms. The third kappa shape index (κ3) is 2.83. The van der Waals surface area contributed by atoms with Crippen LogP contribution in [0.3, 0.4) is 0 Å². The molecule has 0 amide bonds. The number of benzene rings is 1. The van der Waals surface area contributed by atoms with Crippen molar-refractivity contribution in [1.82, 2.24) is 0 Å². The van der Waals surface area contributed by atoms with Gasteiger partial charge in [-0.15, -0.1) is 11.8 Å². The number of nitrogens with two attached hydrogens (primary N) is 1. The molecule has 1 aromatic carbocycles. The monoisotopic (exact) mass is 264 g/mol. The molecule has 1 aliphatic rings. The van der Waals surface area contributed by atoms with Gasteiger partial charge < -0.3 is 10.6 Å². The SMILES string of the molecule is CSc1cccc(N(C)C2CCCCC2)c1CN. The minimum absolute atomic E-state index is 0.628. The first kappa shape index (κ1) is 13.8. The fraction of sp³-hybridized carbons (Fsp3) is 0.600. The van der Waals surface area contributed by atoms with Gasteiger partial charge in [-0.05, 0) is 31.2 Å². The van der Waals surface area contributed by atoms with Crippen molar-refractivity contribution in [3.63, 3.8) is 0 Å². The Morgan fingerprint density at radius 2 is 2.00 bits per heavy atom. The van der Waals surface area contributed by atoms with Gasteiger partial charge in [0.25, 0.3) is 0 Å². The summed E-state index contributed by atoms with van der Waals surface area (Å²) in [6.07, 6.45) is 8.91. The number of hydrogen-bond donors (Lipinski definition) is 1. The van der Waals surface area contributed by atoms with Gasteiger partial charge in [0.15, 0.2) is 0 Å². The molecule has 100 valence electrons. The maximum atomic E-state index is 5.95. The first-order valence-corrected chi connectivity index (χ1v) is 8.09. The normalized spacial score (nSPS) is 16.8. The van der Waals surface area contributed by atoms with Crippen LogP contribution in [0.2, 0.25) is 0 Å². The first-order chi connectivity index (χ1) is 8.77. The van der Waals surface area contributed by atoms with Crippen LogP contribution in [0.1, 0.15) is 37.7 Å². The van der Waals surface area contributed by atoms with Crippen molar-refractivity contribution in [2.75, 3.05) is 18.2 Å². The summed E-state index contributed by atoms with van der Waals surface area (Å²) in [5.41, 5.74) is 8.59. The van der Waals surface area contributed by atoms with Crippen LogP contribution in [0, 0.1) is 0 Å². The molecule has 1 fully saturated rings. The number of thioether (sulfide) groups is 1. The molecular weight excluding hydrogens is 240 g/mol. The largest absolute Gasteiger partial charge is 0.371 e. The fourth-order valence-electron chi connectivity index (χ4n) is 2.95. The van der Waals surface area contributed by atoms with Gasteiger partial charge in [0.05, 0.1) is 0 Å². The highest BCUT2D eigenvalue weighted by Gasteiger charge is 2.20. The van der Waals surface area contributed by atoms with Gasteiger partial charge in [-0.25, -0.2) is 0 Å². The molecule has 2 rings (SSSR count). The number of hydrogen-bond acceptors (Lipinski definition) is 3. The zero-order chi connectivity index (χ0) is 13.0.